The molecule has 0 aromatic heterocycles. The van der Waals surface area contributed by atoms with Gasteiger partial charge in [-0.3, -0.25) is 0 Å². The first-order valence-corrected chi connectivity index (χ1v) is 7.30. The van der Waals surface area contributed by atoms with Crippen molar-refractivity contribution in [3.8, 4) is 0 Å². The fourth-order valence-electron chi connectivity index (χ4n) is 1.53. The average molecular weight is 314 g/mol. The summed E-state index contributed by atoms with van der Waals surface area (Å²) in [7, 11) is 0. The van der Waals surface area contributed by atoms with E-state index in [1.807, 2.05) is 18.2 Å². The first kappa shape index (κ1) is 15.7. The number of hydrogen-bond donors (Lipinski definition) is 1. The lowest BCUT2D eigenvalue weighted by Crippen LogP contribution is -2.24. The fraction of sp³-hybridized carbons (Fsp3) is 0.600. The molecule has 0 spiro atoms. The molecular formula is C15H24BrNO. The Balaban J connectivity index is 2.04. The van der Waals surface area contributed by atoms with Crippen LogP contribution in [0, 0.1) is 5.41 Å². The van der Waals surface area contributed by atoms with Crippen LogP contribution < -0.4 is 5.32 Å². The van der Waals surface area contributed by atoms with Crippen LogP contribution in [-0.4, -0.2) is 19.7 Å². The van der Waals surface area contributed by atoms with Gasteiger partial charge in [-0.05, 0) is 30.0 Å². The van der Waals surface area contributed by atoms with E-state index >= 15 is 0 Å². The summed E-state index contributed by atoms with van der Waals surface area (Å²) in [6.07, 6.45) is 1.19. The number of halogens is 1. The number of nitrogens with one attached hydrogen (secondary N) is 1. The van der Waals surface area contributed by atoms with Crippen molar-refractivity contribution < 1.29 is 4.74 Å². The van der Waals surface area contributed by atoms with Crippen molar-refractivity contribution in [2.24, 2.45) is 5.41 Å². The molecular weight excluding hydrogens is 290 g/mol. The van der Waals surface area contributed by atoms with E-state index in [0.29, 0.717) is 12.0 Å². The molecule has 0 fully saturated rings. The minimum Gasteiger partial charge on any atom is -0.375 e. The number of rotatable bonds is 7. The SMILES string of the molecule is CC(C)(C)CCNCCOCc1ccccc1Br. The van der Waals surface area contributed by atoms with Gasteiger partial charge < -0.3 is 10.1 Å². The standard InChI is InChI=1S/C15H24BrNO/c1-15(2,3)8-9-17-10-11-18-12-13-6-4-5-7-14(13)16/h4-7,17H,8-12H2,1-3H3. The van der Waals surface area contributed by atoms with Gasteiger partial charge in [0.25, 0.3) is 0 Å². The summed E-state index contributed by atoms with van der Waals surface area (Å²) in [6.45, 7) is 10.2. The summed E-state index contributed by atoms with van der Waals surface area (Å²) >= 11 is 3.52. The summed E-state index contributed by atoms with van der Waals surface area (Å²) in [5, 5.41) is 3.41. The molecule has 0 atom stereocenters. The molecule has 0 saturated carbocycles. The van der Waals surface area contributed by atoms with Crippen molar-refractivity contribution in [2.45, 2.75) is 33.8 Å². The van der Waals surface area contributed by atoms with Gasteiger partial charge in [0.1, 0.15) is 0 Å². The molecule has 1 N–H and O–H groups in total. The molecule has 0 aliphatic carbocycles. The quantitative estimate of drug-likeness (QED) is 0.768. The van der Waals surface area contributed by atoms with E-state index in [2.05, 4.69) is 48.1 Å². The zero-order valence-electron chi connectivity index (χ0n) is 11.6. The Morgan fingerprint density at radius 1 is 1.17 bits per heavy atom. The van der Waals surface area contributed by atoms with Crippen LogP contribution >= 0.6 is 15.9 Å². The largest absolute Gasteiger partial charge is 0.375 e. The Morgan fingerprint density at radius 2 is 1.89 bits per heavy atom. The van der Waals surface area contributed by atoms with Crippen molar-refractivity contribution in [3.63, 3.8) is 0 Å². The van der Waals surface area contributed by atoms with Gasteiger partial charge in [-0.15, -0.1) is 0 Å². The van der Waals surface area contributed by atoms with Crippen molar-refractivity contribution in [1.29, 1.82) is 0 Å². The van der Waals surface area contributed by atoms with Crippen molar-refractivity contribution in [2.75, 3.05) is 19.7 Å². The molecule has 1 rings (SSSR count). The smallest absolute Gasteiger partial charge is 0.0728 e. The highest BCUT2D eigenvalue weighted by molar-refractivity contribution is 9.10. The summed E-state index contributed by atoms with van der Waals surface area (Å²) in [5.41, 5.74) is 1.61. The maximum atomic E-state index is 5.64. The molecule has 0 radical (unpaired) electrons. The first-order chi connectivity index (χ1) is 8.49. The zero-order valence-corrected chi connectivity index (χ0v) is 13.2. The third kappa shape index (κ3) is 7.14. The van der Waals surface area contributed by atoms with Gasteiger partial charge in [0.2, 0.25) is 0 Å². The van der Waals surface area contributed by atoms with Gasteiger partial charge in [-0.1, -0.05) is 54.9 Å². The Labute approximate surface area is 119 Å². The molecule has 2 nitrogen and oxygen atoms in total. The fourth-order valence-corrected chi connectivity index (χ4v) is 1.93. The molecule has 1 aromatic rings. The van der Waals surface area contributed by atoms with Crippen molar-refractivity contribution in [3.05, 3.63) is 34.3 Å². The summed E-state index contributed by atoms with van der Waals surface area (Å²) in [6, 6.07) is 8.17. The lowest BCUT2D eigenvalue weighted by atomic mass is 9.92. The van der Waals surface area contributed by atoms with Crippen molar-refractivity contribution >= 4 is 15.9 Å². The van der Waals surface area contributed by atoms with Gasteiger partial charge >= 0.3 is 0 Å². The Morgan fingerprint density at radius 3 is 2.56 bits per heavy atom. The molecule has 18 heavy (non-hydrogen) atoms. The van der Waals surface area contributed by atoms with E-state index in [0.717, 1.165) is 24.2 Å². The molecule has 1 aromatic carbocycles. The zero-order chi connectivity index (χ0) is 13.4. The average Bonchev–Trinajstić information content (AvgIpc) is 2.28. The van der Waals surface area contributed by atoms with Gasteiger partial charge in [0.15, 0.2) is 0 Å². The Kier molecular flexibility index (Phi) is 6.90. The third-order valence-corrected chi connectivity index (χ3v) is 3.46. The number of benzene rings is 1. The molecule has 0 saturated heterocycles. The van der Waals surface area contributed by atoms with E-state index in [1.54, 1.807) is 0 Å². The number of ether oxygens (including phenoxy) is 1. The van der Waals surface area contributed by atoms with Gasteiger partial charge in [-0.25, -0.2) is 0 Å². The van der Waals surface area contributed by atoms with E-state index in [4.69, 9.17) is 4.74 Å². The van der Waals surface area contributed by atoms with Crippen LogP contribution in [0.4, 0.5) is 0 Å². The minimum atomic E-state index is 0.406. The molecule has 102 valence electrons. The maximum absolute atomic E-state index is 5.64. The number of hydrogen-bond acceptors (Lipinski definition) is 2. The lowest BCUT2D eigenvalue weighted by molar-refractivity contribution is 0.122. The van der Waals surface area contributed by atoms with Crippen LogP contribution in [0.1, 0.15) is 32.8 Å². The van der Waals surface area contributed by atoms with Gasteiger partial charge in [0, 0.05) is 11.0 Å². The van der Waals surface area contributed by atoms with Crippen LogP contribution in [0.2, 0.25) is 0 Å². The first-order valence-electron chi connectivity index (χ1n) is 6.51. The van der Waals surface area contributed by atoms with Crippen LogP contribution in [0.5, 0.6) is 0 Å². The monoisotopic (exact) mass is 313 g/mol. The molecule has 3 heteroatoms. The normalized spacial score (nSPS) is 11.8. The third-order valence-electron chi connectivity index (χ3n) is 2.69. The van der Waals surface area contributed by atoms with Crippen LogP contribution in [0.15, 0.2) is 28.7 Å². The Bertz CT molecular complexity index is 347. The second kappa shape index (κ2) is 7.93. The Hall–Kier alpha value is -0.380. The molecule has 0 aliphatic heterocycles. The van der Waals surface area contributed by atoms with Gasteiger partial charge in [-0.2, -0.15) is 0 Å². The predicted octanol–water partition coefficient (Wildman–Crippen LogP) is 3.99. The second-order valence-electron chi connectivity index (χ2n) is 5.70. The molecule has 0 amide bonds. The highest BCUT2D eigenvalue weighted by Gasteiger charge is 2.08. The molecule has 0 unspecified atom stereocenters. The minimum absolute atomic E-state index is 0.406. The maximum Gasteiger partial charge on any atom is 0.0728 e. The predicted molar refractivity (Wildman–Crippen MR) is 80.7 cm³/mol. The molecule has 0 bridgehead atoms. The topological polar surface area (TPSA) is 21.3 Å². The second-order valence-corrected chi connectivity index (χ2v) is 6.56. The van der Waals surface area contributed by atoms with Crippen LogP contribution in [-0.2, 0) is 11.3 Å². The highest BCUT2D eigenvalue weighted by Crippen LogP contribution is 2.17. The van der Waals surface area contributed by atoms with Crippen LogP contribution in [0.3, 0.4) is 0 Å². The highest BCUT2D eigenvalue weighted by atomic mass is 79.9. The summed E-state index contributed by atoms with van der Waals surface area (Å²) in [5.74, 6) is 0. The van der Waals surface area contributed by atoms with Crippen LogP contribution in [0.25, 0.3) is 0 Å². The van der Waals surface area contributed by atoms with E-state index in [9.17, 15) is 0 Å². The lowest BCUT2D eigenvalue weighted by Gasteiger charge is -2.18. The summed E-state index contributed by atoms with van der Waals surface area (Å²) in [4.78, 5) is 0. The van der Waals surface area contributed by atoms with E-state index in [1.165, 1.54) is 12.0 Å². The van der Waals surface area contributed by atoms with Gasteiger partial charge in [0.05, 0.1) is 13.2 Å². The van der Waals surface area contributed by atoms with E-state index in [-0.39, 0.29) is 0 Å². The van der Waals surface area contributed by atoms with E-state index < -0.39 is 0 Å². The van der Waals surface area contributed by atoms with Crippen molar-refractivity contribution in [1.82, 2.24) is 5.32 Å². The summed E-state index contributed by atoms with van der Waals surface area (Å²) < 4.78 is 6.76. The molecule has 0 heterocycles. The molecule has 0 aliphatic rings.